The maximum atomic E-state index is 13.1. The minimum atomic E-state index is -0.369. The monoisotopic (exact) mass is 442 g/mol. The lowest BCUT2D eigenvalue weighted by Gasteiger charge is -2.35. The molecule has 0 saturated carbocycles. The molecule has 0 aliphatic carbocycles. The molecular formula is C21H19ClN4O3S. The molecule has 0 N–H and O–H groups in total. The van der Waals surface area contributed by atoms with E-state index in [-0.39, 0.29) is 16.5 Å². The Kier molecular flexibility index (Phi) is 5.69. The van der Waals surface area contributed by atoms with Crippen molar-refractivity contribution in [3.63, 3.8) is 0 Å². The Hall–Kier alpha value is -2.97. The van der Waals surface area contributed by atoms with Gasteiger partial charge in [0.05, 0.1) is 10.6 Å². The number of amides is 1. The standard InChI is InChI=1S/C21H19ClN4O3S/c1-14-19(30-20(23-14)15-6-8-16(22)9-7-15)21(27)25-12-10-24(11-13-25)17-4-2-3-5-18(17)26(28)29/h2-9H,10-13H2,1H3. The predicted molar refractivity (Wildman–Crippen MR) is 119 cm³/mol. The number of anilines is 1. The van der Waals surface area contributed by atoms with Gasteiger partial charge in [0.2, 0.25) is 0 Å². The van der Waals surface area contributed by atoms with E-state index in [0.717, 1.165) is 10.6 Å². The third kappa shape index (κ3) is 4.01. The molecule has 7 nitrogen and oxygen atoms in total. The van der Waals surface area contributed by atoms with Crippen LogP contribution in [0.15, 0.2) is 48.5 Å². The van der Waals surface area contributed by atoms with E-state index in [4.69, 9.17) is 11.6 Å². The molecule has 1 aromatic heterocycles. The minimum absolute atomic E-state index is 0.0487. The number of hydrogen-bond acceptors (Lipinski definition) is 6. The summed E-state index contributed by atoms with van der Waals surface area (Å²) in [7, 11) is 0. The van der Waals surface area contributed by atoms with Crippen LogP contribution in [0, 0.1) is 17.0 Å². The summed E-state index contributed by atoms with van der Waals surface area (Å²) in [6.07, 6.45) is 0. The molecule has 0 radical (unpaired) electrons. The third-order valence-electron chi connectivity index (χ3n) is 5.07. The number of thiazole rings is 1. The number of nitrogens with zero attached hydrogens (tertiary/aromatic N) is 4. The maximum Gasteiger partial charge on any atom is 0.292 e. The van der Waals surface area contributed by atoms with Crippen molar-refractivity contribution in [1.82, 2.24) is 9.88 Å². The number of nitro groups is 1. The summed E-state index contributed by atoms with van der Waals surface area (Å²) in [6, 6.07) is 14.1. The maximum absolute atomic E-state index is 13.1. The highest BCUT2D eigenvalue weighted by Crippen LogP contribution is 2.31. The van der Waals surface area contributed by atoms with Gasteiger partial charge in [-0.2, -0.15) is 0 Å². The van der Waals surface area contributed by atoms with E-state index in [2.05, 4.69) is 4.98 Å². The smallest absolute Gasteiger partial charge is 0.292 e. The fourth-order valence-corrected chi connectivity index (χ4v) is 4.66. The number of rotatable bonds is 4. The summed E-state index contributed by atoms with van der Waals surface area (Å²) in [6.45, 7) is 3.92. The van der Waals surface area contributed by atoms with E-state index in [1.54, 1.807) is 35.2 Å². The number of para-hydroxylation sites is 2. The van der Waals surface area contributed by atoms with Gasteiger partial charge in [-0.3, -0.25) is 14.9 Å². The zero-order valence-electron chi connectivity index (χ0n) is 16.2. The fraction of sp³-hybridized carbons (Fsp3) is 0.238. The van der Waals surface area contributed by atoms with Gasteiger partial charge in [0.15, 0.2) is 0 Å². The molecule has 154 valence electrons. The second kappa shape index (κ2) is 8.41. The summed E-state index contributed by atoms with van der Waals surface area (Å²) in [4.78, 5) is 33.0. The molecule has 1 saturated heterocycles. The first-order chi connectivity index (χ1) is 14.4. The largest absolute Gasteiger partial charge is 0.362 e. The highest BCUT2D eigenvalue weighted by molar-refractivity contribution is 7.17. The van der Waals surface area contributed by atoms with Crippen LogP contribution in [-0.2, 0) is 0 Å². The summed E-state index contributed by atoms with van der Waals surface area (Å²) < 4.78 is 0. The molecule has 0 bridgehead atoms. The lowest BCUT2D eigenvalue weighted by Crippen LogP contribution is -2.48. The van der Waals surface area contributed by atoms with Crippen molar-refractivity contribution in [3.8, 4) is 10.6 Å². The van der Waals surface area contributed by atoms with Gasteiger partial charge < -0.3 is 9.80 Å². The highest BCUT2D eigenvalue weighted by atomic mass is 35.5. The van der Waals surface area contributed by atoms with Gasteiger partial charge in [-0.1, -0.05) is 35.9 Å². The Morgan fingerprint density at radius 1 is 1.10 bits per heavy atom. The number of piperazine rings is 1. The first-order valence-electron chi connectivity index (χ1n) is 9.45. The van der Waals surface area contributed by atoms with Crippen molar-refractivity contribution in [2.24, 2.45) is 0 Å². The van der Waals surface area contributed by atoms with Crippen molar-refractivity contribution >= 4 is 40.2 Å². The fourth-order valence-electron chi connectivity index (χ4n) is 3.49. The minimum Gasteiger partial charge on any atom is -0.362 e. The van der Waals surface area contributed by atoms with Crippen molar-refractivity contribution in [2.75, 3.05) is 31.1 Å². The number of aryl methyl sites for hydroxylation is 1. The number of carbonyl (C=O) groups excluding carboxylic acids is 1. The van der Waals surface area contributed by atoms with E-state index < -0.39 is 0 Å². The first-order valence-corrected chi connectivity index (χ1v) is 10.6. The molecule has 1 aliphatic heterocycles. The topological polar surface area (TPSA) is 79.6 Å². The molecule has 0 atom stereocenters. The quantitative estimate of drug-likeness (QED) is 0.434. The number of hydrogen-bond donors (Lipinski definition) is 0. The van der Waals surface area contributed by atoms with E-state index in [1.165, 1.54) is 17.4 Å². The van der Waals surface area contributed by atoms with Crippen molar-refractivity contribution in [3.05, 3.63) is 74.2 Å². The molecule has 4 rings (SSSR count). The SMILES string of the molecule is Cc1nc(-c2ccc(Cl)cc2)sc1C(=O)N1CCN(c2ccccc2[N+](=O)[O-])CC1. The van der Waals surface area contributed by atoms with Gasteiger partial charge in [0.25, 0.3) is 11.6 Å². The van der Waals surface area contributed by atoms with Gasteiger partial charge in [-0.25, -0.2) is 4.98 Å². The molecule has 1 amide bonds. The van der Waals surface area contributed by atoms with Crippen LogP contribution in [0.25, 0.3) is 10.6 Å². The van der Waals surface area contributed by atoms with E-state index in [0.29, 0.717) is 47.5 Å². The van der Waals surface area contributed by atoms with Crippen LogP contribution in [0.1, 0.15) is 15.4 Å². The molecule has 9 heteroatoms. The Morgan fingerprint density at radius 2 is 1.77 bits per heavy atom. The molecule has 30 heavy (non-hydrogen) atoms. The Morgan fingerprint density at radius 3 is 2.43 bits per heavy atom. The molecule has 3 aromatic rings. The van der Waals surface area contributed by atoms with Gasteiger partial charge in [0, 0.05) is 42.8 Å². The second-order valence-corrected chi connectivity index (χ2v) is 8.40. The molecular weight excluding hydrogens is 424 g/mol. The molecule has 2 aromatic carbocycles. The molecule has 2 heterocycles. The number of halogens is 1. The Bertz CT molecular complexity index is 1090. The normalized spacial score (nSPS) is 14.1. The molecule has 1 aliphatic rings. The predicted octanol–water partition coefficient (Wildman–Crippen LogP) is 4.64. The van der Waals surface area contributed by atoms with Gasteiger partial charge in [0.1, 0.15) is 15.6 Å². The number of aromatic nitrogens is 1. The Labute approximate surface area is 182 Å². The van der Waals surface area contributed by atoms with Gasteiger partial charge >= 0.3 is 0 Å². The zero-order valence-corrected chi connectivity index (χ0v) is 17.8. The number of nitro benzene ring substituents is 1. The van der Waals surface area contributed by atoms with E-state index in [9.17, 15) is 14.9 Å². The van der Waals surface area contributed by atoms with Gasteiger partial charge in [-0.05, 0) is 25.1 Å². The van der Waals surface area contributed by atoms with E-state index in [1.807, 2.05) is 24.0 Å². The van der Waals surface area contributed by atoms with Crippen LogP contribution in [0.3, 0.4) is 0 Å². The summed E-state index contributed by atoms with van der Waals surface area (Å²) in [5.74, 6) is -0.0487. The van der Waals surface area contributed by atoms with Crippen molar-refractivity contribution in [2.45, 2.75) is 6.92 Å². The van der Waals surface area contributed by atoms with Crippen LogP contribution in [-0.4, -0.2) is 46.9 Å². The lowest BCUT2D eigenvalue weighted by atomic mass is 10.2. The van der Waals surface area contributed by atoms with Gasteiger partial charge in [-0.15, -0.1) is 11.3 Å². The van der Waals surface area contributed by atoms with Crippen LogP contribution < -0.4 is 4.90 Å². The number of carbonyl (C=O) groups is 1. The Balaban J connectivity index is 1.48. The molecule has 0 unspecified atom stereocenters. The highest BCUT2D eigenvalue weighted by Gasteiger charge is 2.28. The van der Waals surface area contributed by atoms with Crippen LogP contribution in [0.5, 0.6) is 0 Å². The van der Waals surface area contributed by atoms with Crippen LogP contribution in [0.4, 0.5) is 11.4 Å². The second-order valence-electron chi connectivity index (χ2n) is 6.97. The van der Waals surface area contributed by atoms with E-state index >= 15 is 0 Å². The van der Waals surface area contributed by atoms with Crippen molar-refractivity contribution < 1.29 is 9.72 Å². The number of benzene rings is 2. The lowest BCUT2D eigenvalue weighted by molar-refractivity contribution is -0.384. The zero-order chi connectivity index (χ0) is 21.3. The molecule has 1 fully saturated rings. The van der Waals surface area contributed by atoms with Crippen molar-refractivity contribution in [1.29, 1.82) is 0 Å². The first kappa shape index (κ1) is 20.3. The van der Waals surface area contributed by atoms with Crippen LogP contribution in [0.2, 0.25) is 5.02 Å². The summed E-state index contributed by atoms with van der Waals surface area (Å²) >= 11 is 7.33. The summed E-state index contributed by atoms with van der Waals surface area (Å²) in [5.41, 5.74) is 2.31. The molecule has 0 spiro atoms. The summed E-state index contributed by atoms with van der Waals surface area (Å²) in [5, 5.41) is 12.7. The average molecular weight is 443 g/mol. The third-order valence-corrected chi connectivity index (χ3v) is 6.51. The average Bonchev–Trinajstić information content (AvgIpc) is 3.15. The van der Waals surface area contributed by atoms with Crippen LogP contribution >= 0.6 is 22.9 Å².